The maximum Gasteiger partial charge on any atom is 0.0487 e. The Bertz CT molecular complexity index is 391. The molecule has 2 saturated carbocycles. The Morgan fingerprint density at radius 3 is 2.59 bits per heavy atom. The van der Waals surface area contributed by atoms with Gasteiger partial charge in [-0.2, -0.15) is 0 Å². The predicted molar refractivity (Wildman–Crippen MR) is 92.6 cm³/mol. The van der Waals surface area contributed by atoms with Gasteiger partial charge in [0.25, 0.3) is 0 Å². The van der Waals surface area contributed by atoms with E-state index < -0.39 is 0 Å². The fraction of sp³-hybridized carbons (Fsp3) is 0.900. The van der Waals surface area contributed by atoms with Crippen LogP contribution in [0.2, 0.25) is 0 Å². The van der Waals surface area contributed by atoms with Crippen LogP contribution in [-0.4, -0.2) is 23.4 Å². The molecule has 0 bridgehead atoms. The third-order valence-corrected chi connectivity index (χ3v) is 7.07. The molecule has 0 amide bonds. The van der Waals surface area contributed by atoms with Crippen LogP contribution in [0.3, 0.4) is 0 Å². The predicted octanol–water partition coefficient (Wildman–Crippen LogP) is 4.56. The second-order valence-electron chi connectivity index (χ2n) is 8.67. The molecule has 0 radical (unpaired) electrons. The van der Waals surface area contributed by atoms with Crippen molar-refractivity contribution in [3.05, 3.63) is 12.2 Å². The van der Waals surface area contributed by atoms with Crippen molar-refractivity contribution in [3.8, 4) is 0 Å². The lowest BCUT2D eigenvalue weighted by atomic mass is 9.46. The maximum absolute atomic E-state index is 9.99. The molecule has 2 heteroatoms. The van der Waals surface area contributed by atoms with Crippen molar-refractivity contribution in [2.45, 2.75) is 72.1 Å². The highest BCUT2D eigenvalue weighted by atomic mass is 16.3. The highest BCUT2D eigenvalue weighted by molar-refractivity contribution is 5.16. The van der Waals surface area contributed by atoms with Gasteiger partial charge < -0.3 is 10.2 Å². The molecule has 2 aliphatic carbocycles. The van der Waals surface area contributed by atoms with E-state index in [9.17, 15) is 5.11 Å². The van der Waals surface area contributed by atoms with Crippen molar-refractivity contribution >= 4 is 0 Å². The summed E-state index contributed by atoms with van der Waals surface area (Å²) in [6, 6.07) is 0. The van der Waals surface area contributed by atoms with Gasteiger partial charge in [0.1, 0.15) is 0 Å². The van der Waals surface area contributed by atoms with E-state index in [1.165, 1.54) is 44.1 Å². The van der Waals surface area contributed by atoms with E-state index in [0.29, 0.717) is 36.4 Å². The fourth-order valence-corrected chi connectivity index (χ4v) is 5.62. The summed E-state index contributed by atoms with van der Waals surface area (Å²) in [5.41, 5.74) is 1.85. The van der Waals surface area contributed by atoms with Crippen LogP contribution in [0.5, 0.6) is 0 Å². The third-order valence-electron chi connectivity index (χ3n) is 7.07. The van der Waals surface area contributed by atoms with Crippen LogP contribution < -0.4 is 0 Å². The number of hydrogen-bond acceptors (Lipinski definition) is 2. The molecular formula is C20H36O2. The molecule has 0 saturated heterocycles. The first kappa shape index (κ1) is 18.0. The van der Waals surface area contributed by atoms with Crippen molar-refractivity contribution in [1.29, 1.82) is 0 Å². The van der Waals surface area contributed by atoms with Crippen molar-refractivity contribution in [2.75, 3.05) is 13.2 Å². The van der Waals surface area contributed by atoms with E-state index in [1.54, 1.807) is 0 Å². The zero-order valence-corrected chi connectivity index (χ0v) is 14.9. The first-order valence-electron chi connectivity index (χ1n) is 9.27. The highest BCUT2D eigenvalue weighted by Crippen LogP contribution is 2.61. The molecule has 0 unspecified atom stereocenters. The minimum Gasteiger partial charge on any atom is -0.396 e. The summed E-state index contributed by atoms with van der Waals surface area (Å²) in [5, 5.41) is 19.1. The van der Waals surface area contributed by atoms with E-state index in [-0.39, 0.29) is 5.41 Å². The Hall–Kier alpha value is -0.340. The van der Waals surface area contributed by atoms with Gasteiger partial charge in [-0.05, 0) is 67.1 Å². The fourth-order valence-electron chi connectivity index (χ4n) is 5.62. The summed E-state index contributed by atoms with van der Waals surface area (Å²) in [7, 11) is 0. The number of rotatable bonds is 6. The average Bonchev–Trinajstić information content (AvgIpc) is 2.46. The highest BCUT2D eigenvalue weighted by Gasteiger charge is 2.53. The standard InChI is InChI=1S/C20H36O2/c1-15(10-13-21)6-8-17-16(2)7-9-18-19(3,14-22)11-5-12-20(17,18)4/h15,17-18,21-22H,2,5-14H2,1,3-4H3/t15-,17+,18+,19-,20-/m1/s1. The number of aliphatic hydroxyl groups is 2. The first-order chi connectivity index (χ1) is 10.4. The Kier molecular flexibility index (Phi) is 5.77. The quantitative estimate of drug-likeness (QED) is 0.706. The summed E-state index contributed by atoms with van der Waals surface area (Å²) < 4.78 is 0. The second kappa shape index (κ2) is 7.05. The minimum absolute atomic E-state index is 0.0999. The van der Waals surface area contributed by atoms with Crippen LogP contribution in [0.1, 0.15) is 72.1 Å². The van der Waals surface area contributed by atoms with E-state index in [4.69, 9.17) is 5.11 Å². The summed E-state index contributed by atoms with van der Waals surface area (Å²) >= 11 is 0. The number of aliphatic hydroxyl groups excluding tert-OH is 2. The summed E-state index contributed by atoms with van der Waals surface area (Å²) in [4.78, 5) is 0. The lowest BCUT2D eigenvalue weighted by molar-refractivity contribution is -0.0868. The van der Waals surface area contributed by atoms with Crippen molar-refractivity contribution in [1.82, 2.24) is 0 Å². The van der Waals surface area contributed by atoms with E-state index >= 15 is 0 Å². The Morgan fingerprint density at radius 2 is 1.95 bits per heavy atom. The lowest BCUT2D eigenvalue weighted by Gasteiger charge is -2.58. The smallest absolute Gasteiger partial charge is 0.0487 e. The Labute approximate surface area is 137 Å². The van der Waals surface area contributed by atoms with Gasteiger partial charge in [0.2, 0.25) is 0 Å². The zero-order valence-electron chi connectivity index (χ0n) is 14.9. The van der Waals surface area contributed by atoms with Gasteiger partial charge in [-0.15, -0.1) is 0 Å². The van der Waals surface area contributed by atoms with Crippen LogP contribution in [0, 0.1) is 28.6 Å². The summed E-state index contributed by atoms with van der Waals surface area (Å²) in [5.74, 6) is 1.82. The molecule has 0 heterocycles. The van der Waals surface area contributed by atoms with Gasteiger partial charge in [-0.25, -0.2) is 0 Å². The number of fused-ring (bicyclic) bond motifs is 1. The third kappa shape index (κ3) is 3.28. The lowest BCUT2D eigenvalue weighted by Crippen LogP contribution is -2.51. The topological polar surface area (TPSA) is 40.5 Å². The molecule has 2 fully saturated rings. The molecule has 2 N–H and O–H groups in total. The first-order valence-corrected chi connectivity index (χ1v) is 9.27. The molecule has 2 aliphatic rings. The Morgan fingerprint density at radius 1 is 1.23 bits per heavy atom. The normalized spacial score (nSPS) is 40.3. The Balaban J connectivity index is 2.15. The molecule has 0 spiro atoms. The van der Waals surface area contributed by atoms with Crippen LogP contribution in [0.25, 0.3) is 0 Å². The average molecular weight is 309 g/mol. The van der Waals surface area contributed by atoms with Gasteiger partial charge in [0.15, 0.2) is 0 Å². The molecule has 0 aromatic rings. The van der Waals surface area contributed by atoms with Gasteiger partial charge in [-0.1, -0.05) is 45.8 Å². The zero-order chi connectivity index (χ0) is 16.4. The minimum atomic E-state index is 0.0999. The van der Waals surface area contributed by atoms with Crippen LogP contribution in [0.4, 0.5) is 0 Å². The molecule has 22 heavy (non-hydrogen) atoms. The van der Waals surface area contributed by atoms with Gasteiger partial charge >= 0.3 is 0 Å². The molecule has 0 aromatic heterocycles. The molecular weight excluding hydrogens is 272 g/mol. The molecule has 0 aliphatic heterocycles. The van der Waals surface area contributed by atoms with E-state index in [0.717, 1.165) is 12.8 Å². The summed E-state index contributed by atoms with van der Waals surface area (Å²) in [6.45, 7) is 12.1. The van der Waals surface area contributed by atoms with Gasteiger partial charge in [0, 0.05) is 13.2 Å². The molecule has 128 valence electrons. The van der Waals surface area contributed by atoms with E-state index in [2.05, 4.69) is 27.4 Å². The number of allylic oxidation sites excluding steroid dienone is 1. The van der Waals surface area contributed by atoms with Crippen molar-refractivity contribution < 1.29 is 10.2 Å². The monoisotopic (exact) mass is 308 g/mol. The maximum atomic E-state index is 9.99. The number of hydrogen-bond donors (Lipinski definition) is 2. The molecule has 2 rings (SSSR count). The molecule has 0 aromatic carbocycles. The molecule has 2 nitrogen and oxygen atoms in total. The van der Waals surface area contributed by atoms with Crippen LogP contribution >= 0.6 is 0 Å². The van der Waals surface area contributed by atoms with Crippen molar-refractivity contribution in [2.24, 2.45) is 28.6 Å². The van der Waals surface area contributed by atoms with Crippen LogP contribution in [-0.2, 0) is 0 Å². The second-order valence-corrected chi connectivity index (χ2v) is 8.67. The van der Waals surface area contributed by atoms with E-state index in [1.807, 2.05) is 0 Å². The van der Waals surface area contributed by atoms with Crippen LogP contribution in [0.15, 0.2) is 12.2 Å². The summed E-state index contributed by atoms with van der Waals surface area (Å²) in [6.07, 6.45) is 9.32. The van der Waals surface area contributed by atoms with Gasteiger partial charge in [-0.3, -0.25) is 0 Å². The van der Waals surface area contributed by atoms with Gasteiger partial charge in [0.05, 0.1) is 0 Å². The SMILES string of the molecule is C=C1CC[C@H]2[C@@](C)(CO)CCC[C@]2(C)[C@H]1CC[C@@H](C)CCO. The van der Waals surface area contributed by atoms with Crippen molar-refractivity contribution in [3.63, 3.8) is 0 Å². The molecule has 5 atom stereocenters. The largest absolute Gasteiger partial charge is 0.396 e.